The molecule has 2 aliphatic carbocycles. The summed E-state index contributed by atoms with van der Waals surface area (Å²) in [7, 11) is 0. The molecule has 0 unspecified atom stereocenters. The molecule has 1 aromatic rings. The first-order chi connectivity index (χ1) is 14.1. The van der Waals surface area contributed by atoms with Gasteiger partial charge in [-0.1, -0.05) is 11.6 Å². The van der Waals surface area contributed by atoms with E-state index in [1.807, 2.05) is 4.90 Å². The van der Waals surface area contributed by atoms with E-state index in [9.17, 15) is 14.0 Å². The summed E-state index contributed by atoms with van der Waals surface area (Å²) in [5, 5.41) is 3.02. The Morgan fingerprint density at radius 3 is 2.38 bits per heavy atom. The van der Waals surface area contributed by atoms with Crippen LogP contribution in [0, 0.1) is 11.2 Å². The summed E-state index contributed by atoms with van der Waals surface area (Å²) in [6.07, 6.45) is 9.29. The van der Waals surface area contributed by atoms with Crippen molar-refractivity contribution in [2.24, 2.45) is 5.41 Å². The number of allylic oxidation sites excluding steroid dienone is 1. The smallest absolute Gasteiger partial charge is 0.238 e. The summed E-state index contributed by atoms with van der Waals surface area (Å²) in [6.45, 7) is 3.21. The van der Waals surface area contributed by atoms with Gasteiger partial charge in [0.25, 0.3) is 0 Å². The minimum absolute atomic E-state index is 0.0226. The van der Waals surface area contributed by atoms with Gasteiger partial charge in [0.15, 0.2) is 0 Å². The number of carbonyl (C=O) groups is 2. The summed E-state index contributed by atoms with van der Waals surface area (Å²) in [4.78, 5) is 29.8. The minimum Gasteiger partial charge on any atom is -0.368 e. The fraction of sp³-hybridized carbons (Fsp3) is 0.565. The number of hydrogen-bond acceptors (Lipinski definition) is 3. The molecule has 29 heavy (non-hydrogen) atoms. The van der Waals surface area contributed by atoms with Gasteiger partial charge in [-0.25, -0.2) is 4.39 Å². The van der Waals surface area contributed by atoms with Gasteiger partial charge in [0, 0.05) is 38.4 Å². The second kappa shape index (κ2) is 8.56. The fourth-order valence-corrected chi connectivity index (χ4v) is 4.42. The van der Waals surface area contributed by atoms with E-state index in [2.05, 4.69) is 16.3 Å². The lowest BCUT2D eigenvalue weighted by atomic mass is 9.97. The number of anilines is 1. The Hall–Kier alpha value is -2.37. The van der Waals surface area contributed by atoms with Crippen LogP contribution in [0.2, 0.25) is 0 Å². The van der Waals surface area contributed by atoms with Gasteiger partial charge in [0.05, 0.1) is 0 Å². The molecule has 1 saturated heterocycles. The van der Waals surface area contributed by atoms with E-state index < -0.39 is 5.41 Å². The van der Waals surface area contributed by atoms with Crippen LogP contribution in [-0.2, 0) is 9.59 Å². The molecule has 1 aromatic carbocycles. The SMILES string of the molecule is O=C(NCCC1=CCCCC1)C1(C(=O)N2CCN(c3ccc(F)cc3)CC2)CC1. The first kappa shape index (κ1) is 19.9. The zero-order valence-corrected chi connectivity index (χ0v) is 17.0. The fourth-order valence-electron chi connectivity index (χ4n) is 4.42. The van der Waals surface area contributed by atoms with Crippen molar-refractivity contribution in [3.8, 4) is 0 Å². The zero-order valence-electron chi connectivity index (χ0n) is 17.0. The van der Waals surface area contributed by atoms with Crippen LogP contribution in [-0.4, -0.2) is 49.4 Å². The van der Waals surface area contributed by atoms with Gasteiger partial charge in [-0.3, -0.25) is 9.59 Å². The second-order valence-corrected chi connectivity index (χ2v) is 8.45. The first-order valence-electron chi connectivity index (χ1n) is 10.8. The minimum atomic E-state index is -0.834. The highest BCUT2D eigenvalue weighted by atomic mass is 19.1. The third-order valence-corrected chi connectivity index (χ3v) is 6.47. The van der Waals surface area contributed by atoms with Gasteiger partial charge in [-0.15, -0.1) is 0 Å². The Labute approximate surface area is 171 Å². The number of amides is 2. The molecular formula is C23H30FN3O2. The molecule has 2 fully saturated rings. The first-order valence-corrected chi connectivity index (χ1v) is 10.8. The van der Waals surface area contributed by atoms with Crippen molar-refractivity contribution in [3.63, 3.8) is 0 Å². The predicted molar refractivity (Wildman–Crippen MR) is 111 cm³/mol. The van der Waals surface area contributed by atoms with E-state index in [4.69, 9.17) is 0 Å². The lowest BCUT2D eigenvalue weighted by molar-refractivity contribution is -0.144. The molecule has 0 spiro atoms. The quantitative estimate of drug-likeness (QED) is 0.590. The monoisotopic (exact) mass is 399 g/mol. The molecule has 2 amide bonds. The molecule has 1 aliphatic heterocycles. The van der Waals surface area contributed by atoms with Crippen LogP contribution >= 0.6 is 0 Å². The van der Waals surface area contributed by atoms with E-state index >= 15 is 0 Å². The van der Waals surface area contributed by atoms with Gasteiger partial charge in [-0.05, 0) is 69.2 Å². The Balaban J connectivity index is 1.27. The molecular weight excluding hydrogens is 369 g/mol. The molecule has 0 bridgehead atoms. The molecule has 1 saturated carbocycles. The van der Waals surface area contributed by atoms with Crippen molar-refractivity contribution in [1.29, 1.82) is 0 Å². The number of nitrogens with one attached hydrogen (secondary N) is 1. The molecule has 0 atom stereocenters. The second-order valence-electron chi connectivity index (χ2n) is 8.45. The van der Waals surface area contributed by atoms with Crippen molar-refractivity contribution in [3.05, 3.63) is 41.7 Å². The van der Waals surface area contributed by atoms with Gasteiger partial charge >= 0.3 is 0 Å². The number of nitrogens with zero attached hydrogens (tertiary/aromatic N) is 2. The maximum Gasteiger partial charge on any atom is 0.238 e. The Morgan fingerprint density at radius 1 is 1.03 bits per heavy atom. The van der Waals surface area contributed by atoms with Crippen LogP contribution in [0.15, 0.2) is 35.9 Å². The lowest BCUT2D eigenvalue weighted by Crippen LogP contribution is -2.53. The summed E-state index contributed by atoms with van der Waals surface area (Å²) in [5.41, 5.74) is 1.57. The van der Waals surface area contributed by atoms with Crippen molar-refractivity contribution < 1.29 is 14.0 Å². The number of halogens is 1. The molecule has 4 rings (SSSR count). The molecule has 1 N–H and O–H groups in total. The van der Waals surface area contributed by atoms with Gasteiger partial charge in [0.1, 0.15) is 11.2 Å². The van der Waals surface area contributed by atoms with E-state index in [0.717, 1.165) is 24.9 Å². The number of rotatable bonds is 6. The normalized spacial score (nSPS) is 20.8. The number of piperazine rings is 1. The molecule has 0 radical (unpaired) electrons. The Bertz CT molecular complexity index is 778. The number of hydrogen-bond donors (Lipinski definition) is 1. The Morgan fingerprint density at radius 2 is 1.76 bits per heavy atom. The van der Waals surface area contributed by atoms with E-state index in [1.165, 1.54) is 30.5 Å². The van der Waals surface area contributed by atoms with E-state index in [-0.39, 0.29) is 17.6 Å². The standard InChI is InChI=1S/C23H30FN3O2/c24-19-6-8-20(9-7-19)26-14-16-27(17-15-26)22(29)23(11-12-23)21(28)25-13-10-18-4-2-1-3-5-18/h4,6-9H,1-3,5,10-17H2,(H,25,28). The number of carbonyl (C=O) groups excluding carboxylic acids is 2. The van der Waals surface area contributed by atoms with Crippen LogP contribution in [0.4, 0.5) is 10.1 Å². The van der Waals surface area contributed by atoms with Crippen molar-refractivity contribution in [2.75, 3.05) is 37.6 Å². The number of benzene rings is 1. The summed E-state index contributed by atoms with van der Waals surface area (Å²) < 4.78 is 13.1. The highest BCUT2D eigenvalue weighted by molar-refractivity contribution is 6.07. The average molecular weight is 400 g/mol. The topological polar surface area (TPSA) is 52.7 Å². The molecule has 3 aliphatic rings. The van der Waals surface area contributed by atoms with Gasteiger partial charge < -0.3 is 15.1 Å². The van der Waals surface area contributed by atoms with Gasteiger partial charge in [0.2, 0.25) is 11.8 Å². The van der Waals surface area contributed by atoms with Crippen LogP contribution in [0.1, 0.15) is 44.9 Å². The van der Waals surface area contributed by atoms with Crippen molar-refractivity contribution >= 4 is 17.5 Å². The lowest BCUT2D eigenvalue weighted by Gasteiger charge is -2.37. The zero-order chi connectivity index (χ0) is 20.3. The highest BCUT2D eigenvalue weighted by Crippen LogP contribution is 2.47. The van der Waals surface area contributed by atoms with Crippen molar-refractivity contribution in [1.82, 2.24) is 10.2 Å². The Kier molecular flexibility index (Phi) is 5.88. The maximum atomic E-state index is 13.1. The summed E-state index contributed by atoms with van der Waals surface area (Å²) in [5.74, 6) is -0.366. The van der Waals surface area contributed by atoms with E-state index in [1.54, 1.807) is 12.1 Å². The van der Waals surface area contributed by atoms with Gasteiger partial charge in [-0.2, -0.15) is 0 Å². The third kappa shape index (κ3) is 4.46. The van der Waals surface area contributed by atoms with Crippen LogP contribution in [0.5, 0.6) is 0 Å². The highest BCUT2D eigenvalue weighted by Gasteiger charge is 2.58. The average Bonchev–Trinajstić information content (AvgIpc) is 3.57. The third-order valence-electron chi connectivity index (χ3n) is 6.47. The molecule has 5 nitrogen and oxygen atoms in total. The molecule has 1 heterocycles. The molecule has 0 aromatic heterocycles. The van der Waals surface area contributed by atoms with Crippen LogP contribution in [0.3, 0.4) is 0 Å². The van der Waals surface area contributed by atoms with Crippen molar-refractivity contribution in [2.45, 2.75) is 44.9 Å². The summed E-state index contributed by atoms with van der Waals surface area (Å²) in [6, 6.07) is 6.45. The maximum absolute atomic E-state index is 13.1. The predicted octanol–water partition coefficient (Wildman–Crippen LogP) is 3.26. The molecule has 156 valence electrons. The van der Waals surface area contributed by atoms with E-state index in [0.29, 0.717) is 45.6 Å². The van der Waals surface area contributed by atoms with Crippen LogP contribution < -0.4 is 10.2 Å². The largest absolute Gasteiger partial charge is 0.368 e. The molecule has 6 heteroatoms. The van der Waals surface area contributed by atoms with Crippen LogP contribution in [0.25, 0.3) is 0 Å². The summed E-state index contributed by atoms with van der Waals surface area (Å²) >= 11 is 0.